The molecule has 1 aromatic heterocycles. The topological polar surface area (TPSA) is 192 Å². The molecule has 67 heavy (non-hydrogen) atoms. The summed E-state index contributed by atoms with van der Waals surface area (Å²) in [5.74, 6) is 0.512. The number of carbonyl (C=O) groups excluding carboxylic acids is 3. The normalized spacial score (nSPS) is 19.5. The summed E-state index contributed by atoms with van der Waals surface area (Å²) in [5.41, 5.74) is 3.59. The predicted octanol–water partition coefficient (Wildman–Crippen LogP) is 7.44. The average molecular weight is 914 g/mol. The molecule has 3 saturated heterocycles. The number of hydrogen-bond donors (Lipinski definition) is 6. The Morgan fingerprint density at radius 2 is 1.60 bits per heavy atom. The second-order valence-corrected chi connectivity index (χ2v) is 18.3. The minimum Gasteiger partial charge on any atom is -0.506 e. The first kappa shape index (κ1) is 47.3. The van der Waals surface area contributed by atoms with E-state index in [9.17, 15) is 29.4 Å². The largest absolute Gasteiger partial charge is 0.506 e. The van der Waals surface area contributed by atoms with E-state index in [1.165, 1.54) is 18.6 Å². The molecule has 0 radical (unpaired) electrons. The van der Waals surface area contributed by atoms with Crippen molar-refractivity contribution in [1.82, 2.24) is 25.8 Å². The van der Waals surface area contributed by atoms with E-state index in [1.54, 1.807) is 24.3 Å². The van der Waals surface area contributed by atoms with E-state index < -0.39 is 30.3 Å². The van der Waals surface area contributed by atoms with Crippen LogP contribution in [0.25, 0.3) is 10.9 Å². The number of aromatic nitrogens is 1. The van der Waals surface area contributed by atoms with E-state index in [4.69, 9.17) is 14.2 Å². The number of aromatic amines is 1. The summed E-state index contributed by atoms with van der Waals surface area (Å²) in [7, 11) is 0. The molecule has 1 saturated carbocycles. The number of phenolic OH excluding ortho intramolecular Hbond substituents is 1. The van der Waals surface area contributed by atoms with Crippen molar-refractivity contribution in [1.29, 1.82) is 0 Å². The number of pyridine rings is 1. The van der Waals surface area contributed by atoms with Gasteiger partial charge < -0.3 is 45.4 Å². The van der Waals surface area contributed by atoms with E-state index in [0.717, 1.165) is 74.8 Å². The number of hydrogen-bond acceptors (Lipinski definition) is 11. The molecule has 5 aromatic rings. The molecule has 14 nitrogen and oxygen atoms in total. The summed E-state index contributed by atoms with van der Waals surface area (Å²) in [6.45, 7) is 4.20. The molecule has 4 heterocycles. The van der Waals surface area contributed by atoms with Gasteiger partial charge >= 0.3 is 12.1 Å². The lowest BCUT2D eigenvalue weighted by Crippen LogP contribution is -2.52. The molecule has 354 valence electrons. The third-order valence-electron chi connectivity index (χ3n) is 13.5. The van der Waals surface area contributed by atoms with E-state index in [-0.39, 0.29) is 48.6 Å². The van der Waals surface area contributed by atoms with E-state index in [2.05, 4.69) is 25.8 Å². The predicted molar refractivity (Wildman–Crippen MR) is 255 cm³/mol. The first-order chi connectivity index (χ1) is 32.7. The number of H-pyrrole nitrogens is 1. The molecule has 1 unspecified atom stereocenters. The maximum atomic E-state index is 13.6. The zero-order valence-corrected chi connectivity index (χ0v) is 38.0. The van der Waals surface area contributed by atoms with Crippen LogP contribution in [0.5, 0.6) is 11.5 Å². The lowest BCUT2D eigenvalue weighted by molar-refractivity contribution is -0.146. The Balaban J connectivity index is 0.809. The van der Waals surface area contributed by atoms with Crippen molar-refractivity contribution in [3.8, 4) is 11.5 Å². The van der Waals surface area contributed by atoms with Crippen LogP contribution < -0.4 is 26.2 Å². The SMILES string of the molecule is O=C(N[C@@H](c1ccccc1)c1cccc(OCc2ccc(C(=O)NC(CC3CCCCC3)C(=O)OCCCCNC[C@H](O)c3ccc(O)c4[nH]c(=O)ccc34)cc2)c1)O[C@H]1CN2CCC1CC2. The standard InChI is InChI=1S/C53H63N5O9/c59-45-22-20-42(43-21-23-48(61)56-50(43)45)46(60)32-54-26-7-8-29-65-52(63)44(30-35-10-3-1-4-11-35)55-51(62)39-18-16-36(17-19-39)34-66-41-15-9-14-40(31-41)49(38-12-5-2-6-13-38)57-53(64)67-47-33-58-27-24-37(47)25-28-58/h2,5-6,9,12-23,31,35,37,44,46-47,49,54,59-60H,1,3-4,7-8,10-11,24-30,32-34H2,(H,55,62)(H,56,61)(H,57,64)/t44?,46-,47-,49-/m0/s1. The number of unbranched alkanes of at least 4 members (excludes halogenated alkanes) is 1. The highest BCUT2D eigenvalue weighted by molar-refractivity contribution is 5.96. The summed E-state index contributed by atoms with van der Waals surface area (Å²) in [4.78, 5) is 57.1. The van der Waals surface area contributed by atoms with Gasteiger partial charge in [0.15, 0.2) is 0 Å². The molecule has 4 aliphatic rings. The van der Waals surface area contributed by atoms with Gasteiger partial charge in [0.2, 0.25) is 5.56 Å². The fourth-order valence-electron chi connectivity index (χ4n) is 9.78. The zero-order chi connectivity index (χ0) is 46.5. The zero-order valence-electron chi connectivity index (χ0n) is 38.0. The highest BCUT2D eigenvalue weighted by atomic mass is 16.6. The molecular formula is C53H63N5O9. The fourth-order valence-corrected chi connectivity index (χ4v) is 9.78. The molecule has 6 N–H and O–H groups in total. The average Bonchev–Trinajstić information content (AvgIpc) is 3.35. The van der Waals surface area contributed by atoms with Crippen LogP contribution in [0, 0.1) is 11.8 Å². The van der Waals surface area contributed by atoms with Crippen LogP contribution in [0.1, 0.15) is 109 Å². The monoisotopic (exact) mass is 913 g/mol. The van der Waals surface area contributed by atoms with Crippen molar-refractivity contribution in [3.05, 3.63) is 141 Å². The van der Waals surface area contributed by atoms with Gasteiger partial charge in [-0.25, -0.2) is 9.59 Å². The van der Waals surface area contributed by atoms with Gasteiger partial charge in [0.05, 0.1) is 24.3 Å². The van der Waals surface area contributed by atoms with E-state index in [0.29, 0.717) is 59.9 Å². The Morgan fingerprint density at radius 1 is 0.821 bits per heavy atom. The third kappa shape index (κ3) is 12.8. The van der Waals surface area contributed by atoms with Crippen molar-refractivity contribution in [2.45, 2.75) is 95.1 Å². The van der Waals surface area contributed by atoms with Crippen LogP contribution in [0.2, 0.25) is 0 Å². The molecular weight excluding hydrogens is 851 g/mol. The number of nitrogens with zero attached hydrogens (tertiary/aromatic N) is 1. The molecule has 4 atom stereocenters. The number of ether oxygens (including phenoxy) is 3. The number of esters is 1. The summed E-state index contributed by atoms with van der Waals surface area (Å²) in [6.07, 6.45) is 7.94. The number of rotatable bonds is 20. The molecule has 2 bridgehead atoms. The quantitative estimate of drug-likeness (QED) is 0.0336. The Bertz CT molecular complexity index is 2480. The lowest BCUT2D eigenvalue weighted by atomic mass is 9.84. The van der Waals surface area contributed by atoms with Crippen molar-refractivity contribution in [2.24, 2.45) is 11.8 Å². The summed E-state index contributed by atoms with van der Waals surface area (Å²) in [6, 6.07) is 29.5. The molecule has 14 heteroatoms. The van der Waals surface area contributed by atoms with Crippen LogP contribution in [-0.4, -0.2) is 89.5 Å². The van der Waals surface area contributed by atoms with Crippen LogP contribution >= 0.6 is 0 Å². The Morgan fingerprint density at radius 3 is 2.36 bits per heavy atom. The highest BCUT2D eigenvalue weighted by Crippen LogP contribution is 2.32. The number of aromatic hydroxyl groups is 1. The number of aliphatic hydroxyl groups is 1. The molecule has 1 aliphatic carbocycles. The van der Waals surface area contributed by atoms with Crippen molar-refractivity contribution in [2.75, 3.05) is 39.3 Å². The number of alkyl carbamates (subject to hydrolysis) is 1. The van der Waals surface area contributed by atoms with Gasteiger partial charge in [0, 0.05) is 30.1 Å². The van der Waals surface area contributed by atoms with E-state index in [1.807, 2.05) is 66.7 Å². The van der Waals surface area contributed by atoms with Gasteiger partial charge in [0.1, 0.15) is 30.3 Å². The van der Waals surface area contributed by atoms with Gasteiger partial charge in [-0.3, -0.25) is 14.5 Å². The molecule has 0 spiro atoms. The van der Waals surface area contributed by atoms with Crippen molar-refractivity contribution in [3.63, 3.8) is 0 Å². The summed E-state index contributed by atoms with van der Waals surface area (Å²) < 4.78 is 17.9. The lowest BCUT2D eigenvalue weighted by Gasteiger charge is -2.43. The number of benzene rings is 4. The number of amides is 2. The van der Waals surface area contributed by atoms with Crippen molar-refractivity contribution < 1.29 is 38.8 Å². The van der Waals surface area contributed by atoms with Gasteiger partial charge in [-0.2, -0.15) is 0 Å². The number of aliphatic hydroxyl groups excluding tert-OH is 1. The number of phenols is 1. The second kappa shape index (κ2) is 23.0. The van der Waals surface area contributed by atoms with Gasteiger partial charge in [-0.15, -0.1) is 0 Å². The minimum absolute atomic E-state index is 0.0640. The van der Waals surface area contributed by atoms with Gasteiger partial charge in [0.25, 0.3) is 5.91 Å². The number of nitrogens with one attached hydrogen (secondary N) is 4. The molecule has 4 fully saturated rings. The Kier molecular flexibility index (Phi) is 16.2. The molecule has 2 amide bonds. The highest BCUT2D eigenvalue weighted by Gasteiger charge is 2.37. The van der Waals surface area contributed by atoms with Crippen molar-refractivity contribution >= 4 is 28.9 Å². The number of piperidine rings is 3. The maximum Gasteiger partial charge on any atom is 0.408 e. The number of fused-ring (bicyclic) bond motifs is 4. The van der Waals surface area contributed by atoms with Crippen LogP contribution in [-0.2, 0) is 20.9 Å². The third-order valence-corrected chi connectivity index (χ3v) is 13.5. The first-order valence-corrected chi connectivity index (χ1v) is 23.9. The van der Waals surface area contributed by atoms with Gasteiger partial charge in [-0.1, -0.05) is 92.8 Å². The minimum atomic E-state index is -0.870. The first-order valence-electron chi connectivity index (χ1n) is 23.9. The van der Waals surface area contributed by atoms with E-state index >= 15 is 0 Å². The van der Waals surface area contributed by atoms with Crippen LogP contribution in [0.4, 0.5) is 4.79 Å². The van der Waals surface area contributed by atoms with Crippen LogP contribution in [0.15, 0.2) is 108 Å². The molecule has 3 aliphatic heterocycles. The Labute approximate surface area is 391 Å². The smallest absolute Gasteiger partial charge is 0.408 e. The number of carbonyl (C=O) groups is 3. The maximum absolute atomic E-state index is 13.6. The Hall–Kier alpha value is -6.22. The fraction of sp³-hybridized carbons (Fsp3) is 0.434. The molecule has 9 rings (SSSR count). The van der Waals surface area contributed by atoms with Gasteiger partial charge in [-0.05, 0) is 122 Å². The van der Waals surface area contributed by atoms with Crippen LogP contribution in [0.3, 0.4) is 0 Å². The summed E-state index contributed by atoms with van der Waals surface area (Å²) in [5, 5.41) is 30.9. The summed E-state index contributed by atoms with van der Waals surface area (Å²) >= 11 is 0. The molecule has 4 aromatic carbocycles. The second-order valence-electron chi connectivity index (χ2n) is 18.3.